The van der Waals surface area contributed by atoms with Crippen LogP contribution in [0.2, 0.25) is 0 Å². The number of aliphatic carboxylic acids is 1. The topological polar surface area (TPSA) is 175 Å². The maximum absolute atomic E-state index is 13.1. The Hall–Kier alpha value is -4.88. The Morgan fingerprint density at radius 1 is 0.467 bits per heavy atom. The van der Waals surface area contributed by atoms with E-state index in [9.17, 15) is 34.5 Å². The van der Waals surface area contributed by atoms with Gasteiger partial charge in [0.1, 0.15) is 18.8 Å². The molecule has 1 aliphatic rings. The lowest BCUT2D eigenvalue weighted by atomic mass is 9.98. The highest BCUT2D eigenvalue weighted by Gasteiger charge is 2.50. The number of unbranched alkanes of at least 4 members (excludes halogenated alkanes) is 13. The van der Waals surface area contributed by atoms with Gasteiger partial charge in [0.25, 0.3) is 0 Å². The van der Waals surface area contributed by atoms with E-state index in [2.05, 4.69) is 124 Å². The summed E-state index contributed by atoms with van der Waals surface area (Å²) in [5.74, 6) is -3.37. The fourth-order valence-corrected chi connectivity index (χ4v) is 7.72. The molecule has 0 spiro atoms. The van der Waals surface area contributed by atoms with Gasteiger partial charge >= 0.3 is 23.9 Å². The molecular formula is C63H98O12. The zero-order chi connectivity index (χ0) is 54.7. The zero-order valence-corrected chi connectivity index (χ0v) is 46.2. The Morgan fingerprint density at radius 3 is 1.39 bits per heavy atom. The lowest BCUT2D eigenvalue weighted by molar-refractivity contribution is -0.301. The molecule has 3 N–H and O–H groups in total. The molecule has 1 heterocycles. The molecule has 0 saturated carbocycles. The van der Waals surface area contributed by atoms with Crippen molar-refractivity contribution in [1.29, 1.82) is 0 Å². The molecule has 0 radical (unpaired) electrons. The number of ether oxygens (including phenoxy) is 5. The monoisotopic (exact) mass is 1050 g/mol. The van der Waals surface area contributed by atoms with Gasteiger partial charge in [-0.1, -0.05) is 194 Å². The van der Waals surface area contributed by atoms with E-state index in [1.165, 1.54) is 38.5 Å². The summed E-state index contributed by atoms with van der Waals surface area (Å²) in [6.07, 6.45) is 56.3. The van der Waals surface area contributed by atoms with E-state index in [1.807, 2.05) is 12.2 Å². The van der Waals surface area contributed by atoms with Crippen LogP contribution < -0.4 is 0 Å². The van der Waals surface area contributed by atoms with Gasteiger partial charge < -0.3 is 39.0 Å². The van der Waals surface area contributed by atoms with Crippen LogP contribution in [0.15, 0.2) is 122 Å². The van der Waals surface area contributed by atoms with Crippen molar-refractivity contribution in [3.63, 3.8) is 0 Å². The third kappa shape index (κ3) is 40.1. The second-order valence-electron chi connectivity index (χ2n) is 18.8. The second kappa shape index (κ2) is 50.0. The number of aliphatic hydroxyl groups is 2. The van der Waals surface area contributed by atoms with Gasteiger partial charge in [-0.3, -0.25) is 14.4 Å². The third-order valence-electron chi connectivity index (χ3n) is 12.0. The van der Waals surface area contributed by atoms with E-state index < -0.39 is 67.3 Å². The van der Waals surface area contributed by atoms with Gasteiger partial charge in [-0.25, -0.2) is 4.79 Å². The van der Waals surface area contributed by atoms with Crippen LogP contribution in [0, 0.1) is 0 Å². The van der Waals surface area contributed by atoms with Crippen LogP contribution in [-0.4, -0.2) is 89.2 Å². The van der Waals surface area contributed by atoms with Gasteiger partial charge in [-0.2, -0.15) is 0 Å². The van der Waals surface area contributed by atoms with Crippen molar-refractivity contribution in [3.05, 3.63) is 122 Å². The van der Waals surface area contributed by atoms with E-state index in [0.717, 1.165) is 96.3 Å². The number of esters is 3. The van der Waals surface area contributed by atoms with E-state index in [0.29, 0.717) is 25.7 Å². The molecule has 0 aromatic heterocycles. The molecule has 1 saturated heterocycles. The molecule has 422 valence electrons. The summed E-state index contributed by atoms with van der Waals surface area (Å²) in [6, 6.07) is 0. The minimum absolute atomic E-state index is 0.00759. The summed E-state index contributed by atoms with van der Waals surface area (Å²) >= 11 is 0. The molecule has 0 bridgehead atoms. The first kappa shape index (κ1) is 68.1. The van der Waals surface area contributed by atoms with Crippen molar-refractivity contribution in [2.75, 3.05) is 13.2 Å². The van der Waals surface area contributed by atoms with E-state index in [4.69, 9.17) is 23.7 Å². The SMILES string of the molecule is CC/C=C\C/C=C\C/C=C\C/C=C\C/C=C\CC(=O)OCC(COC1OC(C(=O)O)C(O)C(O)C1OC(=O)CCCC/C=C\C/C=C\C/C=C\C/C=C\CC)OC(=O)CCCCCCC/C=C\CCCCCCCC. The Morgan fingerprint density at radius 2 is 0.880 bits per heavy atom. The van der Waals surface area contributed by atoms with Gasteiger partial charge in [0, 0.05) is 12.8 Å². The molecule has 0 aliphatic carbocycles. The van der Waals surface area contributed by atoms with Crippen molar-refractivity contribution in [2.45, 2.75) is 237 Å². The summed E-state index contributed by atoms with van der Waals surface area (Å²) in [5.41, 5.74) is 0. The van der Waals surface area contributed by atoms with Gasteiger partial charge in [0.2, 0.25) is 0 Å². The average Bonchev–Trinajstić information content (AvgIpc) is 3.39. The Bertz CT molecular complexity index is 1770. The second-order valence-corrected chi connectivity index (χ2v) is 18.8. The van der Waals surface area contributed by atoms with Crippen LogP contribution in [-0.2, 0) is 42.9 Å². The summed E-state index contributed by atoms with van der Waals surface area (Å²) in [4.78, 5) is 51.0. The van der Waals surface area contributed by atoms with Crippen molar-refractivity contribution >= 4 is 23.9 Å². The van der Waals surface area contributed by atoms with Gasteiger partial charge in [-0.05, 0) is 109 Å². The normalized spacial score (nSPS) is 19.1. The summed E-state index contributed by atoms with van der Waals surface area (Å²) in [6.45, 7) is 5.62. The quantitative estimate of drug-likeness (QED) is 0.0228. The largest absolute Gasteiger partial charge is 0.479 e. The predicted octanol–water partition coefficient (Wildman–Crippen LogP) is 14.4. The standard InChI is InChI=1S/C63H98O12/c1-4-7-10-13-16-19-22-25-28-31-34-37-40-43-46-49-55(64)71-52-54(73-56(65)50-47-44-41-38-35-32-29-26-23-20-17-14-11-8-5-2)53-72-63-61(59(68)58(67)60(75-63)62(69)70)74-57(66)51-48-45-42-39-36-33-30-27-24-21-18-15-12-9-6-3/h7,9-10,12,16,18-19,21,25-30,34,36-37,39,43,46,54,58-61,63,67-68H,4-6,8,11,13-15,17,20,22-24,31-33,35,38,40-42,44-45,47-53H2,1-3H3,(H,69,70)/b10-7-,12-9-,19-16-,21-18-,28-25-,29-26-,30-27-,37-34-,39-36-,46-43-. The number of carbonyl (C=O) groups excluding carboxylic acids is 3. The van der Waals surface area contributed by atoms with Crippen LogP contribution in [0.3, 0.4) is 0 Å². The molecule has 1 rings (SSSR count). The van der Waals surface area contributed by atoms with E-state index >= 15 is 0 Å². The Balaban J connectivity index is 2.80. The average molecular weight is 1050 g/mol. The molecule has 6 unspecified atom stereocenters. The van der Waals surface area contributed by atoms with E-state index in [1.54, 1.807) is 6.08 Å². The number of carbonyl (C=O) groups is 4. The molecule has 1 aliphatic heterocycles. The molecule has 0 amide bonds. The number of hydrogen-bond acceptors (Lipinski definition) is 11. The van der Waals surface area contributed by atoms with Crippen LogP contribution in [0.1, 0.15) is 201 Å². The zero-order valence-electron chi connectivity index (χ0n) is 46.2. The molecular weight excluding hydrogens is 949 g/mol. The van der Waals surface area contributed by atoms with Crippen molar-refractivity contribution in [3.8, 4) is 0 Å². The maximum atomic E-state index is 13.1. The highest BCUT2D eigenvalue weighted by molar-refractivity contribution is 5.74. The minimum atomic E-state index is -1.93. The van der Waals surface area contributed by atoms with Gasteiger partial charge in [-0.15, -0.1) is 0 Å². The lowest BCUT2D eigenvalue weighted by Crippen LogP contribution is -2.61. The predicted molar refractivity (Wildman–Crippen MR) is 303 cm³/mol. The minimum Gasteiger partial charge on any atom is -0.479 e. The first-order valence-electron chi connectivity index (χ1n) is 28.5. The van der Waals surface area contributed by atoms with Gasteiger partial charge in [0.05, 0.1) is 13.0 Å². The smallest absolute Gasteiger partial charge is 0.335 e. The number of carboxylic acid groups (broad SMARTS) is 1. The number of hydrogen-bond donors (Lipinski definition) is 3. The van der Waals surface area contributed by atoms with E-state index in [-0.39, 0.29) is 25.9 Å². The van der Waals surface area contributed by atoms with Crippen LogP contribution in [0.4, 0.5) is 0 Å². The lowest BCUT2D eigenvalue weighted by Gasteiger charge is -2.40. The van der Waals surface area contributed by atoms with Crippen molar-refractivity contribution in [2.24, 2.45) is 0 Å². The molecule has 12 nitrogen and oxygen atoms in total. The third-order valence-corrected chi connectivity index (χ3v) is 12.0. The Kier molecular flexibility index (Phi) is 45.4. The highest BCUT2D eigenvalue weighted by Crippen LogP contribution is 2.26. The van der Waals surface area contributed by atoms with Crippen LogP contribution >= 0.6 is 0 Å². The van der Waals surface area contributed by atoms with Crippen LogP contribution in [0.25, 0.3) is 0 Å². The van der Waals surface area contributed by atoms with Gasteiger partial charge in [0.15, 0.2) is 24.6 Å². The summed E-state index contributed by atoms with van der Waals surface area (Å²) in [7, 11) is 0. The number of carboxylic acids is 1. The first-order valence-corrected chi connectivity index (χ1v) is 28.5. The first-order chi connectivity index (χ1) is 36.6. The molecule has 1 fully saturated rings. The maximum Gasteiger partial charge on any atom is 0.335 e. The fraction of sp³-hybridized carbons (Fsp3) is 0.619. The molecule has 0 aromatic carbocycles. The number of allylic oxidation sites excluding steroid dienone is 19. The fourth-order valence-electron chi connectivity index (χ4n) is 7.72. The summed E-state index contributed by atoms with van der Waals surface area (Å²) < 4.78 is 28.2. The molecule has 0 aromatic rings. The van der Waals surface area contributed by atoms with Crippen molar-refractivity contribution in [1.82, 2.24) is 0 Å². The summed E-state index contributed by atoms with van der Waals surface area (Å²) in [5, 5.41) is 31.4. The number of rotatable bonds is 46. The number of aliphatic hydroxyl groups excluding tert-OH is 2. The van der Waals surface area contributed by atoms with Crippen LogP contribution in [0.5, 0.6) is 0 Å². The molecule has 75 heavy (non-hydrogen) atoms. The molecule has 12 heteroatoms. The Labute approximate surface area is 452 Å². The highest BCUT2D eigenvalue weighted by atomic mass is 16.7. The molecule has 6 atom stereocenters. The van der Waals surface area contributed by atoms with Crippen molar-refractivity contribution < 1.29 is 58.2 Å².